The molecule has 0 fully saturated rings. The lowest BCUT2D eigenvalue weighted by Gasteiger charge is -2.18. The largest absolute Gasteiger partial charge is 0.508 e. The first-order chi connectivity index (χ1) is 10.6. The van der Waals surface area contributed by atoms with Gasteiger partial charge in [0.25, 0.3) is 0 Å². The molecule has 0 spiro atoms. The van der Waals surface area contributed by atoms with Crippen LogP contribution in [0.1, 0.15) is 17.5 Å². The Morgan fingerprint density at radius 1 is 1.09 bits per heavy atom. The van der Waals surface area contributed by atoms with Crippen molar-refractivity contribution < 1.29 is 5.11 Å². The number of nitrogens with zero attached hydrogens (tertiary/aromatic N) is 1. The van der Waals surface area contributed by atoms with Gasteiger partial charge in [0, 0.05) is 17.2 Å². The summed E-state index contributed by atoms with van der Waals surface area (Å²) in [7, 11) is 4.22. The van der Waals surface area contributed by atoms with Gasteiger partial charge in [0.2, 0.25) is 0 Å². The van der Waals surface area contributed by atoms with Crippen molar-refractivity contribution in [1.29, 1.82) is 0 Å². The van der Waals surface area contributed by atoms with Gasteiger partial charge < -0.3 is 10.0 Å². The number of benzene rings is 2. The molecule has 0 unspecified atom stereocenters. The second kappa shape index (κ2) is 7.91. The molecule has 0 bridgehead atoms. The maximum absolute atomic E-state index is 9.89. The zero-order chi connectivity index (χ0) is 15.5. The number of phenols is 1. The van der Waals surface area contributed by atoms with E-state index in [-0.39, 0.29) is 12.4 Å². The van der Waals surface area contributed by atoms with Gasteiger partial charge in [-0.3, -0.25) is 0 Å². The van der Waals surface area contributed by atoms with Crippen molar-refractivity contribution in [3.8, 4) is 5.75 Å². The lowest BCUT2D eigenvalue weighted by Crippen LogP contribution is -2.16. The van der Waals surface area contributed by atoms with Crippen LogP contribution in [0, 0.1) is 0 Å². The minimum atomic E-state index is 0. The summed E-state index contributed by atoms with van der Waals surface area (Å²) < 4.78 is 0. The third-order valence-corrected chi connectivity index (χ3v) is 4.89. The Bertz CT molecular complexity index is 712. The number of hydrogen-bond acceptors (Lipinski definition) is 3. The molecule has 122 valence electrons. The minimum absolute atomic E-state index is 0. The maximum atomic E-state index is 9.89. The molecule has 2 aromatic rings. The molecular weight excluding hydrogens is 326 g/mol. The molecule has 1 heterocycles. The van der Waals surface area contributed by atoms with E-state index in [1.807, 2.05) is 23.9 Å². The Hall–Kier alpha value is -1.42. The van der Waals surface area contributed by atoms with Crippen LogP contribution in [0.15, 0.2) is 59.0 Å². The number of likely N-dealkylation sites (N-methyl/N-ethyl adjacent to an activating group) is 1. The van der Waals surface area contributed by atoms with Crippen molar-refractivity contribution in [3.05, 3.63) is 65.2 Å². The highest BCUT2D eigenvalue weighted by atomic mass is 35.5. The third kappa shape index (κ3) is 4.11. The van der Waals surface area contributed by atoms with E-state index < -0.39 is 0 Å². The van der Waals surface area contributed by atoms with Gasteiger partial charge in [-0.05, 0) is 61.0 Å². The molecule has 0 saturated heterocycles. The normalized spacial score (nSPS) is 14.2. The van der Waals surface area contributed by atoms with Gasteiger partial charge in [-0.25, -0.2) is 0 Å². The number of fused-ring (bicyclic) bond motifs is 1. The smallest absolute Gasteiger partial charge is 0.116 e. The van der Waals surface area contributed by atoms with E-state index in [0.717, 1.165) is 24.3 Å². The number of aromatic hydroxyl groups is 1. The summed E-state index contributed by atoms with van der Waals surface area (Å²) >= 11 is 1.92. The average Bonchev–Trinajstić information content (AvgIpc) is 2.65. The van der Waals surface area contributed by atoms with Crippen LogP contribution in [-0.4, -0.2) is 36.4 Å². The van der Waals surface area contributed by atoms with E-state index in [0.29, 0.717) is 5.75 Å². The van der Waals surface area contributed by atoms with Crippen molar-refractivity contribution in [2.24, 2.45) is 0 Å². The van der Waals surface area contributed by atoms with Crippen molar-refractivity contribution in [1.82, 2.24) is 4.90 Å². The first kappa shape index (κ1) is 17.9. The molecule has 23 heavy (non-hydrogen) atoms. The first-order valence-corrected chi connectivity index (χ1v) is 8.52. The molecule has 1 aliphatic rings. The molecule has 0 amide bonds. The van der Waals surface area contributed by atoms with E-state index in [1.54, 1.807) is 6.07 Å². The number of thioether (sulfide) groups is 1. The maximum Gasteiger partial charge on any atom is 0.116 e. The lowest BCUT2D eigenvalue weighted by molar-refractivity contribution is 0.442. The molecule has 4 heteroatoms. The molecule has 0 atom stereocenters. The quantitative estimate of drug-likeness (QED) is 0.872. The van der Waals surface area contributed by atoms with Crippen LogP contribution in [-0.2, 0) is 0 Å². The Kier molecular flexibility index (Phi) is 6.17. The topological polar surface area (TPSA) is 23.5 Å². The molecule has 1 N–H and O–H groups in total. The van der Waals surface area contributed by atoms with Crippen LogP contribution in [0.4, 0.5) is 0 Å². The summed E-state index contributed by atoms with van der Waals surface area (Å²) in [6, 6.07) is 16.2. The van der Waals surface area contributed by atoms with Crippen LogP contribution in [0.25, 0.3) is 5.57 Å². The van der Waals surface area contributed by atoms with Crippen LogP contribution >= 0.6 is 24.2 Å². The highest BCUT2D eigenvalue weighted by Crippen LogP contribution is 2.39. The van der Waals surface area contributed by atoms with Gasteiger partial charge >= 0.3 is 0 Å². The van der Waals surface area contributed by atoms with Crippen molar-refractivity contribution in [2.75, 3.05) is 26.4 Å². The van der Waals surface area contributed by atoms with E-state index >= 15 is 0 Å². The van der Waals surface area contributed by atoms with E-state index in [1.165, 1.54) is 21.6 Å². The first-order valence-electron chi connectivity index (χ1n) is 7.53. The zero-order valence-electron chi connectivity index (χ0n) is 13.5. The molecule has 0 aliphatic carbocycles. The van der Waals surface area contributed by atoms with Gasteiger partial charge in [0.1, 0.15) is 5.75 Å². The van der Waals surface area contributed by atoms with E-state index in [2.05, 4.69) is 49.3 Å². The molecule has 1 aliphatic heterocycles. The van der Waals surface area contributed by atoms with Gasteiger partial charge in [-0.2, -0.15) is 0 Å². The van der Waals surface area contributed by atoms with Crippen LogP contribution in [0.2, 0.25) is 0 Å². The Labute approximate surface area is 148 Å². The Balaban J connectivity index is 0.00000192. The number of halogens is 1. The fraction of sp³-hybridized carbons (Fsp3) is 0.263. The number of phenolic OH excluding ortho intramolecular Hbond substituents is 1. The highest BCUT2D eigenvalue weighted by Gasteiger charge is 2.19. The third-order valence-electron chi connectivity index (χ3n) is 3.81. The number of rotatable bonds is 3. The zero-order valence-corrected chi connectivity index (χ0v) is 15.1. The van der Waals surface area contributed by atoms with Gasteiger partial charge in [0.05, 0.1) is 0 Å². The van der Waals surface area contributed by atoms with E-state index in [4.69, 9.17) is 0 Å². The Morgan fingerprint density at radius 3 is 2.61 bits per heavy atom. The minimum Gasteiger partial charge on any atom is -0.508 e. The fourth-order valence-corrected chi connectivity index (χ4v) is 4.03. The predicted molar refractivity (Wildman–Crippen MR) is 102 cm³/mol. The molecule has 0 radical (unpaired) electrons. The summed E-state index contributed by atoms with van der Waals surface area (Å²) in [5.74, 6) is 1.42. The highest BCUT2D eigenvalue weighted by molar-refractivity contribution is 7.99. The van der Waals surface area contributed by atoms with Gasteiger partial charge in [-0.15, -0.1) is 24.2 Å². The Morgan fingerprint density at radius 2 is 1.87 bits per heavy atom. The summed E-state index contributed by atoms with van der Waals surface area (Å²) in [5.41, 5.74) is 5.11. The number of hydrogen-bond donors (Lipinski definition) is 1. The average molecular weight is 348 g/mol. The second-order valence-electron chi connectivity index (χ2n) is 5.86. The summed E-state index contributed by atoms with van der Waals surface area (Å²) in [6.45, 7) is 0.944. The van der Waals surface area contributed by atoms with Crippen LogP contribution in [0.3, 0.4) is 0 Å². The summed E-state index contributed by atoms with van der Waals surface area (Å²) in [6.07, 6.45) is 1.07. The molecular formula is C19H22ClNOS. The molecule has 3 rings (SSSR count). The van der Waals surface area contributed by atoms with Crippen molar-refractivity contribution in [3.63, 3.8) is 0 Å². The summed E-state index contributed by atoms with van der Waals surface area (Å²) in [4.78, 5) is 3.55. The molecule has 0 aromatic heterocycles. The van der Waals surface area contributed by atoms with Crippen LogP contribution < -0.4 is 0 Å². The second-order valence-corrected chi connectivity index (χ2v) is 7.00. The van der Waals surface area contributed by atoms with Crippen molar-refractivity contribution >= 4 is 29.7 Å². The predicted octanol–water partition coefficient (Wildman–Crippen LogP) is 4.67. The molecule has 0 saturated carbocycles. The monoisotopic (exact) mass is 347 g/mol. The fourth-order valence-electron chi connectivity index (χ4n) is 2.96. The molecule has 2 aromatic carbocycles. The van der Waals surface area contributed by atoms with Crippen molar-refractivity contribution in [2.45, 2.75) is 11.3 Å². The lowest BCUT2D eigenvalue weighted by atomic mass is 9.91. The SMILES string of the molecule is CN(C)CC1=C(c2cccc(O)c2)c2ccccc2SCC1.Cl. The summed E-state index contributed by atoms with van der Waals surface area (Å²) in [5, 5.41) is 9.89. The van der Waals surface area contributed by atoms with Gasteiger partial charge in [-0.1, -0.05) is 30.3 Å². The van der Waals surface area contributed by atoms with E-state index in [9.17, 15) is 5.11 Å². The standard InChI is InChI=1S/C19H21NOS.ClH/c1-20(2)13-15-10-11-22-18-9-4-3-8-17(18)19(15)14-6-5-7-16(21)12-14;/h3-9,12,21H,10-11,13H2,1-2H3;1H. The van der Waals surface area contributed by atoms with Crippen LogP contribution in [0.5, 0.6) is 5.75 Å². The van der Waals surface area contributed by atoms with Gasteiger partial charge in [0.15, 0.2) is 0 Å². The molecule has 2 nitrogen and oxygen atoms in total.